The number of piperazine rings is 1. The molecule has 0 aromatic carbocycles. The van der Waals surface area contributed by atoms with E-state index in [-0.39, 0.29) is 6.54 Å². The molecule has 0 aromatic heterocycles. The molecular formula is C9H21N3O2. The number of hydrazine groups is 1. The third-order valence-electron chi connectivity index (χ3n) is 2.05. The monoisotopic (exact) mass is 203 g/mol. The summed E-state index contributed by atoms with van der Waals surface area (Å²) in [5.74, 6) is -0.743. The highest BCUT2D eigenvalue weighted by Gasteiger charge is 2.16. The third kappa shape index (κ3) is 5.16. The van der Waals surface area contributed by atoms with Crippen molar-refractivity contribution in [1.29, 1.82) is 0 Å². The summed E-state index contributed by atoms with van der Waals surface area (Å²) < 4.78 is 0. The fourth-order valence-corrected chi connectivity index (χ4v) is 1.32. The fourth-order valence-electron chi connectivity index (χ4n) is 1.32. The van der Waals surface area contributed by atoms with Gasteiger partial charge in [-0.05, 0) is 7.05 Å². The first-order valence-corrected chi connectivity index (χ1v) is 5.09. The van der Waals surface area contributed by atoms with E-state index in [1.165, 1.54) is 0 Å². The highest BCUT2D eigenvalue weighted by Crippen LogP contribution is 1.97. The summed E-state index contributed by atoms with van der Waals surface area (Å²) in [6, 6.07) is 0. The van der Waals surface area contributed by atoms with Crippen LogP contribution in [-0.4, -0.2) is 60.8 Å². The Kier molecular flexibility index (Phi) is 7.37. The largest absolute Gasteiger partial charge is 0.480 e. The standard InChI is InChI=1S/C7H15N3O2.C2H6/c1-8-10-4-2-9(3-5-10)6-7(11)12;1-2/h8H,2-6H2,1H3,(H,11,12);1-2H3. The second kappa shape index (κ2) is 7.73. The van der Waals surface area contributed by atoms with Gasteiger partial charge in [0.2, 0.25) is 0 Å². The van der Waals surface area contributed by atoms with Gasteiger partial charge in [0.1, 0.15) is 0 Å². The average Bonchev–Trinajstić information content (AvgIpc) is 2.21. The van der Waals surface area contributed by atoms with E-state index in [1.54, 1.807) is 0 Å². The molecule has 0 bridgehead atoms. The molecule has 1 fully saturated rings. The first-order valence-electron chi connectivity index (χ1n) is 5.09. The second-order valence-corrected chi connectivity index (χ2v) is 2.88. The number of carboxylic acids is 1. The maximum atomic E-state index is 10.3. The van der Waals surface area contributed by atoms with Gasteiger partial charge in [-0.1, -0.05) is 13.8 Å². The summed E-state index contributed by atoms with van der Waals surface area (Å²) in [4.78, 5) is 12.3. The van der Waals surface area contributed by atoms with Gasteiger partial charge in [0.15, 0.2) is 0 Å². The highest BCUT2D eigenvalue weighted by molar-refractivity contribution is 5.69. The van der Waals surface area contributed by atoms with Crippen LogP contribution in [0.3, 0.4) is 0 Å². The predicted octanol–water partition coefficient (Wildman–Crippen LogP) is -0.151. The van der Waals surface area contributed by atoms with Gasteiger partial charge in [0.05, 0.1) is 6.54 Å². The zero-order valence-electron chi connectivity index (χ0n) is 9.29. The molecule has 1 heterocycles. The average molecular weight is 203 g/mol. The molecule has 1 saturated heterocycles. The Labute approximate surface area is 85.7 Å². The van der Waals surface area contributed by atoms with Crippen molar-refractivity contribution in [1.82, 2.24) is 15.3 Å². The molecule has 1 aliphatic rings. The third-order valence-corrected chi connectivity index (χ3v) is 2.05. The van der Waals surface area contributed by atoms with Crippen LogP contribution in [0.1, 0.15) is 13.8 Å². The summed E-state index contributed by atoms with van der Waals surface area (Å²) in [5, 5.41) is 10.6. The molecule has 0 saturated carbocycles. The number of aliphatic carboxylic acids is 1. The van der Waals surface area contributed by atoms with Gasteiger partial charge in [-0.2, -0.15) is 0 Å². The molecule has 0 amide bonds. The minimum atomic E-state index is -0.743. The zero-order chi connectivity index (χ0) is 11.0. The SMILES string of the molecule is CC.CNN1CCN(CC(=O)O)CC1. The molecular weight excluding hydrogens is 182 g/mol. The molecule has 1 aliphatic heterocycles. The minimum Gasteiger partial charge on any atom is -0.480 e. The molecule has 1 rings (SSSR count). The second-order valence-electron chi connectivity index (χ2n) is 2.88. The Hall–Kier alpha value is -0.650. The normalized spacial score (nSPS) is 18.5. The minimum absolute atomic E-state index is 0.164. The number of rotatable bonds is 3. The Morgan fingerprint density at radius 3 is 2.14 bits per heavy atom. The van der Waals surface area contributed by atoms with Crippen molar-refractivity contribution >= 4 is 5.97 Å². The number of carboxylic acid groups (broad SMARTS) is 1. The van der Waals surface area contributed by atoms with E-state index >= 15 is 0 Å². The number of hydrogen-bond acceptors (Lipinski definition) is 4. The Bertz CT molecular complexity index is 156. The predicted molar refractivity (Wildman–Crippen MR) is 56.1 cm³/mol. The van der Waals surface area contributed by atoms with Crippen LogP contribution in [0, 0.1) is 0 Å². The van der Waals surface area contributed by atoms with Gasteiger partial charge in [-0.25, -0.2) is 5.01 Å². The van der Waals surface area contributed by atoms with E-state index in [1.807, 2.05) is 25.8 Å². The van der Waals surface area contributed by atoms with Crippen molar-refractivity contribution in [2.75, 3.05) is 39.8 Å². The lowest BCUT2D eigenvalue weighted by Crippen LogP contribution is -2.51. The molecule has 0 aromatic rings. The number of nitrogens with zero attached hydrogens (tertiary/aromatic N) is 2. The quantitative estimate of drug-likeness (QED) is 0.668. The van der Waals surface area contributed by atoms with Crippen LogP contribution in [0.25, 0.3) is 0 Å². The van der Waals surface area contributed by atoms with Gasteiger partial charge in [-0.3, -0.25) is 15.1 Å². The van der Waals surface area contributed by atoms with E-state index in [2.05, 4.69) is 10.4 Å². The zero-order valence-corrected chi connectivity index (χ0v) is 9.29. The van der Waals surface area contributed by atoms with Crippen molar-refractivity contribution in [3.05, 3.63) is 0 Å². The molecule has 14 heavy (non-hydrogen) atoms. The van der Waals surface area contributed by atoms with E-state index in [4.69, 9.17) is 5.11 Å². The van der Waals surface area contributed by atoms with E-state index in [9.17, 15) is 4.79 Å². The van der Waals surface area contributed by atoms with Crippen LogP contribution in [0.5, 0.6) is 0 Å². The lowest BCUT2D eigenvalue weighted by atomic mass is 10.3. The fraction of sp³-hybridized carbons (Fsp3) is 0.889. The number of hydrogen-bond donors (Lipinski definition) is 2. The molecule has 0 unspecified atom stereocenters. The summed E-state index contributed by atoms with van der Waals surface area (Å²) in [6.07, 6.45) is 0. The van der Waals surface area contributed by atoms with Crippen molar-refractivity contribution in [3.8, 4) is 0 Å². The smallest absolute Gasteiger partial charge is 0.317 e. The number of carbonyl (C=O) groups is 1. The molecule has 0 atom stereocenters. The molecule has 0 aliphatic carbocycles. The lowest BCUT2D eigenvalue weighted by molar-refractivity contribution is -0.138. The van der Waals surface area contributed by atoms with Gasteiger partial charge >= 0.3 is 5.97 Å². The van der Waals surface area contributed by atoms with Crippen LogP contribution in [0.15, 0.2) is 0 Å². The van der Waals surface area contributed by atoms with Gasteiger partial charge in [0, 0.05) is 26.2 Å². The van der Waals surface area contributed by atoms with Crippen molar-refractivity contribution in [2.45, 2.75) is 13.8 Å². The van der Waals surface area contributed by atoms with Crippen molar-refractivity contribution < 1.29 is 9.90 Å². The molecule has 84 valence electrons. The summed E-state index contributed by atoms with van der Waals surface area (Å²) in [7, 11) is 1.88. The van der Waals surface area contributed by atoms with Crippen LogP contribution < -0.4 is 5.43 Å². The molecule has 2 N–H and O–H groups in total. The van der Waals surface area contributed by atoms with Crippen LogP contribution in [-0.2, 0) is 4.79 Å². The molecule has 0 spiro atoms. The van der Waals surface area contributed by atoms with E-state index in [0.29, 0.717) is 0 Å². The first kappa shape index (κ1) is 13.4. The van der Waals surface area contributed by atoms with Crippen LogP contribution in [0.4, 0.5) is 0 Å². The van der Waals surface area contributed by atoms with Gasteiger partial charge < -0.3 is 5.11 Å². The van der Waals surface area contributed by atoms with E-state index < -0.39 is 5.97 Å². The maximum absolute atomic E-state index is 10.3. The van der Waals surface area contributed by atoms with Crippen LogP contribution in [0.2, 0.25) is 0 Å². The lowest BCUT2D eigenvalue weighted by Gasteiger charge is -2.32. The highest BCUT2D eigenvalue weighted by atomic mass is 16.4. The Balaban J connectivity index is 0.000000791. The van der Waals surface area contributed by atoms with Crippen molar-refractivity contribution in [2.24, 2.45) is 0 Å². The van der Waals surface area contributed by atoms with Gasteiger partial charge in [0.25, 0.3) is 0 Å². The first-order chi connectivity index (χ1) is 6.72. The molecule has 5 nitrogen and oxygen atoms in total. The number of nitrogens with one attached hydrogen (secondary N) is 1. The Morgan fingerprint density at radius 1 is 1.29 bits per heavy atom. The maximum Gasteiger partial charge on any atom is 0.317 e. The summed E-state index contributed by atoms with van der Waals surface area (Å²) in [6.45, 7) is 7.60. The van der Waals surface area contributed by atoms with Crippen molar-refractivity contribution in [3.63, 3.8) is 0 Å². The van der Waals surface area contributed by atoms with Gasteiger partial charge in [-0.15, -0.1) is 0 Å². The summed E-state index contributed by atoms with van der Waals surface area (Å²) >= 11 is 0. The molecule has 0 radical (unpaired) electrons. The topological polar surface area (TPSA) is 55.8 Å². The Morgan fingerprint density at radius 2 is 1.79 bits per heavy atom. The van der Waals surface area contributed by atoms with E-state index in [0.717, 1.165) is 26.2 Å². The van der Waals surface area contributed by atoms with Crippen LogP contribution >= 0.6 is 0 Å². The summed E-state index contributed by atoms with van der Waals surface area (Å²) in [5.41, 5.74) is 3.04. The molecule has 5 heteroatoms.